The molecule has 1 saturated heterocycles. The Morgan fingerprint density at radius 1 is 1.26 bits per heavy atom. The summed E-state index contributed by atoms with van der Waals surface area (Å²) in [5, 5.41) is 14.2. The van der Waals surface area contributed by atoms with Gasteiger partial charge in [0.2, 0.25) is 0 Å². The van der Waals surface area contributed by atoms with Gasteiger partial charge in [-0.25, -0.2) is 4.98 Å². The fraction of sp³-hybridized carbons (Fsp3) is 0.833. The highest BCUT2D eigenvalue weighted by Crippen LogP contribution is 2.34. The van der Waals surface area contributed by atoms with Crippen LogP contribution >= 0.6 is 11.3 Å². The molecule has 2 heterocycles. The first-order chi connectivity index (χ1) is 10.8. The van der Waals surface area contributed by atoms with Crippen LogP contribution in [-0.2, 0) is 12.1 Å². The molecule has 0 unspecified atom stereocenters. The van der Waals surface area contributed by atoms with Gasteiger partial charge in [0, 0.05) is 25.0 Å². The van der Waals surface area contributed by atoms with Gasteiger partial charge in [0.05, 0.1) is 12.2 Å². The Morgan fingerprint density at radius 3 is 2.39 bits per heavy atom. The number of likely N-dealkylation sites (tertiary alicyclic amines) is 1. The molecule has 2 rings (SSSR count). The van der Waals surface area contributed by atoms with Crippen molar-refractivity contribution in [2.75, 3.05) is 32.7 Å². The maximum Gasteiger partial charge on any atom is 0.110 e. The van der Waals surface area contributed by atoms with Crippen LogP contribution in [0.15, 0.2) is 5.38 Å². The molecule has 0 spiro atoms. The number of hydrogen-bond donors (Lipinski definition) is 1. The topological polar surface area (TPSA) is 39.6 Å². The van der Waals surface area contributed by atoms with Crippen LogP contribution in [-0.4, -0.2) is 52.6 Å². The standard InChI is InChI=1S/C18H33N3OS/c1-6-20(7-2)12-16-19-15(13-23-16)18(22)8-10-21(11-9-18)14-17(3,4)5/h13,22H,6-12,14H2,1-5H3. The molecule has 0 aliphatic carbocycles. The highest BCUT2D eigenvalue weighted by atomic mass is 32.1. The van der Waals surface area contributed by atoms with Gasteiger partial charge in [-0.2, -0.15) is 0 Å². The minimum atomic E-state index is -0.730. The lowest BCUT2D eigenvalue weighted by atomic mass is 9.87. The van der Waals surface area contributed by atoms with E-state index >= 15 is 0 Å². The number of rotatable bonds is 6. The Kier molecular flexibility index (Phi) is 6.22. The van der Waals surface area contributed by atoms with Gasteiger partial charge in [0.1, 0.15) is 10.6 Å². The van der Waals surface area contributed by atoms with Gasteiger partial charge in [-0.05, 0) is 31.3 Å². The summed E-state index contributed by atoms with van der Waals surface area (Å²) >= 11 is 1.69. The molecule has 0 amide bonds. The van der Waals surface area contributed by atoms with E-state index in [0.717, 1.165) is 62.8 Å². The zero-order valence-electron chi connectivity index (χ0n) is 15.4. The molecule has 0 atom stereocenters. The van der Waals surface area contributed by atoms with E-state index in [1.165, 1.54) is 0 Å². The second-order valence-electron chi connectivity index (χ2n) is 7.96. The summed E-state index contributed by atoms with van der Waals surface area (Å²) in [6.07, 6.45) is 1.58. The molecule has 0 saturated carbocycles. The maximum absolute atomic E-state index is 11.0. The molecule has 1 aliphatic rings. The molecular formula is C18H33N3OS. The number of piperidine rings is 1. The molecule has 1 fully saturated rings. The number of aromatic nitrogens is 1. The molecule has 132 valence electrons. The van der Waals surface area contributed by atoms with E-state index in [-0.39, 0.29) is 0 Å². The van der Waals surface area contributed by atoms with Gasteiger partial charge in [-0.1, -0.05) is 34.6 Å². The van der Waals surface area contributed by atoms with Crippen molar-refractivity contribution >= 4 is 11.3 Å². The lowest BCUT2D eigenvalue weighted by Gasteiger charge is -2.39. The Balaban J connectivity index is 1.96. The number of nitrogens with zero attached hydrogens (tertiary/aromatic N) is 3. The van der Waals surface area contributed by atoms with E-state index in [2.05, 4.69) is 49.8 Å². The Hall–Kier alpha value is -0.490. The molecule has 4 nitrogen and oxygen atoms in total. The van der Waals surface area contributed by atoms with Crippen LogP contribution in [0.5, 0.6) is 0 Å². The van der Waals surface area contributed by atoms with Crippen LogP contribution in [0.2, 0.25) is 0 Å². The maximum atomic E-state index is 11.0. The van der Waals surface area contributed by atoms with Crippen molar-refractivity contribution in [2.45, 2.75) is 59.6 Å². The average molecular weight is 340 g/mol. The van der Waals surface area contributed by atoms with Crippen molar-refractivity contribution in [1.29, 1.82) is 0 Å². The summed E-state index contributed by atoms with van der Waals surface area (Å²) in [4.78, 5) is 9.58. The smallest absolute Gasteiger partial charge is 0.110 e. The summed E-state index contributed by atoms with van der Waals surface area (Å²) in [5.74, 6) is 0. The number of aliphatic hydroxyl groups is 1. The SMILES string of the molecule is CCN(CC)Cc1nc(C2(O)CCN(CC(C)(C)C)CC2)cs1. The third kappa shape index (κ3) is 5.24. The zero-order valence-corrected chi connectivity index (χ0v) is 16.2. The van der Waals surface area contributed by atoms with Gasteiger partial charge in [-0.15, -0.1) is 11.3 Å². The second kappa shape index (κ2) is 7.60. The third-order valence-corrected chi connectivity index (χ3v) is 5.50. The molecule has 1 aromatic rings. The fourth-order valence-electron chi connectivity index (χ4n) is 3.24. The first-order valence-corrected chi connectivity index (χ1v) is 9.75. The fourth-order valence-corrected chi connectivity index (χ4v) is 4.17. The van der Waals surface area contributed by atoms with E-state index in [0.29, 0.717) is 5.41 Å². The van der Waals surface area contributed by atoms with Crippen LogP contribution < -0.4 is 0 Å². The van der Waals surface area contributed by atoms with Crippen LogP contribution in [0.3, 0.4) is 0 Å². The molecule has 5 heteroatoms. The predicted molar refractivity (Wildman–Crippen MR) is 97.8 cm³/mol. The Morgan fingerprint density at radius 2 is 1.87 bits per heavy atom. The van der Waals surface area contributed by atoms with Crippen LogP contribution in [0, 0.1) is 5.41 Å². The van der Waals surface area contributed by atoms with Crippen molar-refractivity contribution in [2.24, 2.45) is 5.41 Å². The first-order valence-electron chi connectivity index (χ1n) is 8.88. The molecule has 23 heavy (non-hydrogen) atoms. The highest BCUT2D eigenvalue weighted by Gasteiger charge is 2.36. The van der Waals surface area contributed by atoms with Gasteiger partial charge >= 0.3 is 0 Å². The normalized spacial score (nSPS) is 19.4. The van der Waals surface area contributed by atoms with E-state index in [1.807, 2.05) is 0 Å². The Labute approximate surface area is 145 Å². The van der Waals surface area contributed by atoms with E-state index in [9.17, 15) is 5.11 Å². The van der Waals surface area contributed by atoms with E-state index < -0.39 is 5.60 Å². The largest absolute Gasteiger partial charge is 0.383 e. The summed E-state index contributed by atoms with van der Waals surface area (Å²) in [5.41, 5.74) is 0.472. The van der Waals surface area contributed by atoms with Crippen molar-refractivity contribution in [3.05, 3.63) is 16.1 Å². The first kappa shape index (κ1) is 18.8. The van der Waals surface area contributed by atoms with Crippen LogP contribution in [0.25, 0.3) is 0 Å². The van der Waals surface area contributed by atoms with Gasteiger partial charge in [0.25, 0.3) is 0 Å². The van der Waals surface area contributed by atoms with Crippen LogP contribution in [0.4, 0.5) is 0 Å². The summed E-state index contributed by atoms with van der Waals surface area (Å²) < 4.78 is 0. The van der Waals surface area contributed by atoms with Crippen molar-refractivity contribution in [3.8, 4) is 0 Å². The molecule has 0 aromatic carbocycles. The van der Waals surface area contributed by atoms with Crippen molar-refractivity contribution in [1.82, 2.24) is 14.8 Å². The van der Waals surface area contributed by atoms with Crippen molar-refractivity contribution in [3.63, 3.8) is 0 Å². The van der Waals surface area contributed by atoms with Gasteiger partial charge in [-0.3, -0.25) is 4.90 Å². The van der Waals surface area contributed by atoms with E-state index in [4.69, 9.17) is 4.98 Å². The summed E-state index contributed by atoms with van der Waals surface area (Å²) in [6.45, 7) is 17.1. The molecule has 1 N–H and O–H groups in total. The quantitative estimate of drug-likeness (QED) is 0.863. The van der Waals surface area contributed by atoms with Crippen LogP contribution in [0.1, 0.15) is 58.2 Å². The van der Waals surface area contributed by atoms with Gasteiger partial charge in [0.15, 0.2) is 0 Å². The third-order valence-electron chi connectivity index (χ3n) is 4.66. The molecular weight excluding hydrogens is 306 g/mol. The summed E-state index contributed by atoms with van der Waals surface area (Å²) in [7, 11) is 0. The molecule has 1 aliphatic heterocycles. The lowest BCUT2D eigenvalue weighted by Crippen LogP contribution is -2.45. The molecule has 0 bridgehead atoms. The second-order valence-corrected chi connectivity index (χ2v) is 8.90. The monoisotopic (exact) mass is 339 g/mol. The average Bonchev–Trinajstić information content (AvgIpc) is 2.95. The minimum Gasteiger partial charge on any atom is -0.383 e. The molecule has 0 radical (unpaired) electrons. The zero-order chi connectivity index (χ0) is 17.1. The lowest BCUT2D eigenvalue weighted by molar-refractivity contribution is -0.0346. The Bertz CT molecular complexity index is 483. The number of thiazole rings is 1. The summed E-state index contributed by atoms with van der Waals surface area (Å²) in [6, 6.07) is 0. The predicted octanol–water partition coefficient (Wildman–Crippen LogP) is 3.31. The highest BCUT2D eigenvalue weighted by molar-refractivity contribution is 7.09. The minimum absolute atomic E-state index is 0.313. The van der Waals surface area contributed by atoms with Crippen molar-refractivity contribution < 1.29 is 5.11 Å². The van der Waals surface area contributed by atoms with Gasteiger partial charge < -0.3 is 10.0 Å². The molecule has 1 aromatic heterocycles. The number of hydrogen-bond acceptors (Lipinski definition) is 5. The van der Waals surface area contributed by atoms with E-state index in [1.54, 1.807) is 11.3 Å².